The van der Waals surface area contributed by atoms with Crippen LogP contribution >= 0.6 is 0 Å². The van der Waals surface area contributed by atoms with Crippen LogP contribution in [0, 0.1) is 6.92 Å². The number of benzene rings is 3. The van der Waals surface area contributed by atoms with Gasteiger partial charge in [-0.3, -0.25) is 4.79 Å². The Labute approximate surface area is 199 Å². The Morgan fingerprint density at radius 1 is 1.00 bits per heavy atom. The minimum Gasteiger partial charge on any atom is -0.350 e. The lowest BCUT2D eigenvalue weighted by molar-refractivity contribution is -0.121. The predicted octanol–water partition coefficient (Wildman–Crippen LogP) is 4.05. The van der Waals surface area contributed by atoms with Gasteiger partial charge in [-0.05, 0) is 30.7 Å². The maximum Gasteiger partial charge on any atom is 0.242 e. The molecular formula is C26H26N4O3S. The first kappa shape index (κ1) is 23.4. The average Bonchev–Trinajstić information content (AvgIpc) is 3.15. The number of fused-ring (bicyclic) bond motifs is 1. The molecule has 8 heteroatoms. The number of hydrogen-bond acceptors (Lipinski definition) is 4. The van der Waals surface area contributed by atoms with Crippen molar-refractivity contribution in [2.75, 3.05) is 0 Å². The molecular weight excluding hydrogens is 448 g/mol. The van der Waals surface area contributed by atoms with E-state index in [-0.39, 0.29) is 11.3 Å². The highest BCUT2D eigenvalue weighted by Gasteiger charge is 2.23. The summed E-state index contributed by atoms with van der Waals surface area (Å²) in [6.07, 6.45) is 3.42. The number of hydrogen-bond donors (Lipinski definition) is 2. The summed E-state index contributed by atoms with van der Waals surface area (Å²) in [5, 5.41) is 5.13. The van der Waals surface area contributed by atoms with Crippen molar-refractivity contribution < 1.29 is 13.2 Å². The maximum absolute atomic E-state index is 13.0. The average molecular weight is 475 g/mol. The largest absolute Gasteiger partial charge is 0.350 e. The minimum atomic E-state index is -3.83. The van der Waals surface area contributed by atoms with Crippen LogP contribution in [-0.2, 0) is 21.9 Å². The Morgan fingerprint density at radius 2 is 1.68 bits per heavy atom. The van der Waals surface area contributed by atoms with Gasteiger partial charge in [-0.2, -0.15) is 5.10 Å². The van der Waals surface area contributed by atoms with Crippen LogP contribution in [0.15, 0.2) is 95.1 Å². The molecule has 0 aliphatic rings. The first-order valence-electron chi connectivity index (χ1n) is 10.8. The number of sulfonamides is 1. The van der Waals surface area contributed by atoms with Gasteiger partial charge in [0, 0.05) is 36.1 Å². The van der Waals surface area contributed by atoms with Crippen molar-refractivity contribution in [3.05, 3.63) is 102 Å². The Bertz CT molecular complexity index is 1430. The standard InChI is InChI=1S/C26H26N4O3S/c1-19-12-14-22(15-13-19)34(32,33)29-24(20-8-4-3-5-9-20)16-26(31)28-27-17-21-18-30(2)25-11-7-6-10-23(21)25/h3-15,17-18,24,29H,16H2,1-2H3,(H,28,31)/b27-17-/t24-/m0/s1. The Morgan fingerprint density at radius 3 is 2.41 bits per heavy atom. The summed E-state index contributed by atoms with van der Waals surface area (Å²) in [7, 11) is -1.88. The molecule has 1 aromatic heterocycles. The molecule has 4 aromatic rings. The third kappa shape index (κ3) is 5.41. The van der Waals surface area contributed by atoms with Crippen LogP contribution < -0.4 is 10.1 Å². The number of rotatable bonds is 8. The molecule has 0 unspecified atom stereocenters. The number of aromatic nitrogens is 1. The van der Waals surface area contributed by atoms with Gasteiger partial charge in [-0.1, -0.05) is 66.2 Å². The zero-order chi connectivity index (χ0) is 24.1. The van der Waals surface area contributed by atoms with Gasteiger partial charge in [0.1, 0.15) is 0 Å². The number of carbonyl (C=O) groups excluding carboxylic acids is 1. The molecule has 2 N–H and O–H groups in total. The van der Waals surface area contributed by atoms with E-state index in [9.17, 15) is 13.2 Å². The zero-order valence-electron chi connectivity index (χ0n) is 19.0. The Hall–Kier alpha value is -3.75. The Kier molecular flexibility index (Phi) is 6.90. The summed E-state index contributed by atoms with van der Waals surface area (Å²) in [5.74, 6) is -0.406. The second-order valence-electron chi connectivity index (χ2n) is 8.11. The molecule has 0 fully saturated rings. The number of carbonyl (C=O) groups is 1. The number of nitrogens with zero attached hydrogens (tertiary/aromatic N) is 2. The lowest BCUT2D eigenvalue weighted by atomic mass is 10.0. The molecule has 1 heterocycles. The Balaban J connectivity index is 1.49. The summed E-state index contributed by atoms with van der Waals surface area (Å²) < 4.78 is 30.6. The molecule has 3 aromatic carbocycles. The quantitative estimate of drug-likeness (QED) is 0.298. The van der Waals surface area contributed by atoms with Crippen molar-refractivity contribution in [3.63, 3.8) is 0 Å². The van der Waals surface area contributed by atoms with E-state index >= 15 is 0 Å². The molecule has 0 radical (unpaired) electrons. The smallest absolute Gasteiger partial charge is 0.242 e. The van der Waals surface area contributed by atoms with Crippen molar-refractivity contribution >= 4 is 33.0 Å². The fraction of sp³-hybridized carbons (Fsp3) is 0.154. The van der Waals surface area contributed by atoms with Gasteiger partial charge < -0.3 is 4.57 Å². The van der Waals surface area contributed by atoms with Crippen LogP contribution in [-0.4, -0.2) is 25.1 Å². The topological polar surface area (TPSA) is 92.6 Å². The molecule has 4 rings (SSSR count). The van der Waals surface area contributed by atoms with E-state index in [0.29, 0.717) is 5.56 Å². The molecule has 1 amide bonds. The van der Waals surface area contributed by atoms with E-state index in [2.05, 4.69) is 15.2 Å². The second kappa shape index (κ2) is 10.0. The van der Waals surface area contributed by atoms with Crippen LogP contribution in [0.3, 0.4) is 0 Å². The number of hydrazone groups is 1. The van der Waals surface area contributed by atoms with Gasteiger partial charge in [-0.15, -0.1) is 0 Å². The van der Waals surface area contributed by atoms with E-state index in [1.807, 2.05) is 55.1 Å². The van der Waals surface area contributed by atoms with Crippen LogP contribution in [0.25, 0.3) is 10.9 Å². The first-order valence-corrected chi connectivity index (χ1v) is 12.3. The normalized spacial score (nSPS) is 12.8. The molecule has 0 aliphatic heterocycles. The monoisotopic (exact) mass is 474 g/mol. The highest BCUT2D eigenvalue weighted by Crippen LogP contribution is 2.21. The lowest BCUT2D eigenvalue weighted by Crippen LogP contribution is -2.32. The van der Waals surface area contributed by atoms with Gasteiger partial charge in [0.05, 0.1) is 17.2 Å². The molecule has 1 atom stereocenters. The molecule has 0 saturated heterocycles. The highest BCUT2D eigenvalue weighted by molar-refractivity contribution is 7.89. The van der Waals surface area contributed by atoms with Crippen molar-refractivity contribution in [2.24, 2.45) is 12.1 Å². The van der Waals surface area contributed by atoms with E-state index < -0.39 is 22.0 Å². The summed E-state index contributed by atoms with van der Waals surface area (Å²) in [4.78, 5) is 12.8. The summed E-state index contributed by atoms with van der Waals surface area (Å²) in [5.41, 5.74) is 6.10. The molecule has 174 valence electrons. The third-order valence-corrected chi connectivity index (χ3v) is 7.03. The number of aryl methyl sites for hydroxylation is 2. The SMILES string of the molecule is Cc1ccc(S(=O)(=O)N[C@@H](CC(=O)N/N=C\c2cn(C)c3ccccc23)c2ccccc2)cc1. The van der Waals surface area contributed by atoms with E-state index in [0.717, 1.165) is 22.0 Å². The summed E-state index contributed by atoms with van der Waals surface area (Å²) in [6.45, 7) is 1.89. The third-order valence-electron chi connectivity index (χ3n) is 5.54. The first-order chi connectivity index (χ1) is 16.3. The molecule has 7 nitrogen and oxygen atoms in total. The van der Waals surface area contributed by atoms with E-state index in [1.165, 1.54) is 0 Å². The van der Waals surface area contributed by atoms with Crippen LogP contribution in [0.5, 0.6) is 0 Å². The molecule has 0 saturated carbocycles. The van der Waals surface area contributed by atoms with Crippen molar-refractivity contribution in [2.45, 2.75) is 24.3 Å². The molecule has 0 bridgehead atoms. The van der Waals surface area contributed by atoms with Crippen LogP contribution in [0.1, 0.15) is 29.2 Å². The molecule has 0 spiro atoms. The zero-order valence-corrected chi connectivity index (χ0v) is 19.8. The highest BCUT2D eigenvalue weighted by atomic mass is 32.2. The van der Waals surface area contributed by atoms with Gasteiger partial charge in [0.15, 0.2) is 0 Å². The lowest BCUT2D eigenvalue weighted by Gasteiger charge is -2.18. The fourth-order valence-electron chi connectivity index (χ4n) is 3.77. The van der Waals surface area contributed by atoms with Crippen molar-refractivity contribution in [3.8, 4) is 0 Å². The number of para-hydroxylation sites is 1. The minimum absolute atomic E-state index is 0.109. The summed E-state index contributed by atoms with van der Waals surface area (Å²) in [6, 6.07) is 22.8. The number of nitrogens with one attached hydrogen (secondary N) is 2. The van der Waals surface area contributed by atoms with Gasteiger partial charge in [-0.25, -0.2) is 18.6 Å². The molecule has 0 aliphatic carbocycles. The maximum atomic E-state index is 13.0. The van der Waals surface area contributed by atoms with Crippen LogP contribution in [0.4, 0.5) is 0 Å². The van der Waals surface area contributed by atoms with E-state index in [4.69, 9.17) is 0 Å². The van der Waals surface area contributed by atoms with E-state index in [1.54, 1.807) is 54.7 Å². The van der Waals surface area contributed by atoms with Gasteiger partial charge >= 0.3 is 0 Å². The second-order valence-corrected chi connectivity index (χ2v) is 9.82. The molecule has 34 heavy (non-hydrogen) atoms. The van der Waals surface area contributed by atoms with Crippen molar-refractivity contribution in [1.82, 2.24) is 14.7 Å². The number of amides is 1. The van der Waals surface area contributed by atoms with Gasteiger partial charge in [0.2, 0.25) is 15.9 Å². The summed E-state index contributed by atoms with van der Waals surface area (Å²) >= 11 is 0. The van der Waals surface area contributed by atoms with Crippen LogP contribution in [0.2, 0.25) is 0 Å². The predicted molar refractivity (Wildman–Crippen MR) is 134 cm³/mol. The van der Waals surface area contributed by atoms with Gasteiger partial charge in [0.25, 0.3) is 0 Å². The fourth-order valence-corrected chi connectivity index (χ4v) is 4.99. The van der Waals surface area contributed by atoms with Crippen molar-refractivity contribution in [1.29, 1.82) is 0 Å².